The Labute approximate surface area is 111 Å². The molecule has 0 saturated heterocycles. The quantitative estimate of drug-likeness (QED) is 0.448. The number of thioether (sulfide) groups is 1. The fraction of sp³-hybridized carbons (Fsp3) is 0.417. The molecule has 0 N–H and O–H groups in total. The summed E-state index contributed by atoms with van der Waals surface area (Å²) in [6.07, 6.45) is 3.35. The molecule has 6 heteroatoms. The maximum Gasteiger partial charge on any atom is 0.345 e. The molecule has 1 aromatic rings. The van der Waals surface area contributed by atoms with Gasteiger partial charge in [-0.1, -0.05) is 18.3 Å². The summed E-state index contributed by atoms with van der Waals surface area (Å²) in [6, 6.07) is 0. The van der Waals surface area contributed by atoms with Crippen molar-refractivity contribution in [2.45, 2.75) is 19.0 Å². The number of aromatic nitrogens is 2. The van der Waals surface area contributed by atoms with Gasteiger partial charge in [-0.05, 0) is 26.2 Å². The van der Waals surface area contributed by atoms with Crippen LogP contribution in [0.15, 0.2) is 11.7 Å². The highest BCUT2D eigenvalue weighted by Gasteiger charge is 2.21. The third-order valence-electron chi connectivity index (χ3n) is 2.02. The van der Waals surface area contributed by atoms with Crippen LogP contribution in [0, 0.1) is 0 Å². The molecule has 0 fully saturated rings. The van der Waals surface area contributed by atoms with E-state index in [4.69, 9.17) is 9.47 Å². The van der Waals surface area contributed by atoms with Crippen molar-refractivity contribution in [2.24, 2.45) is 0 Å². The molecule has 0 radical (unpaired) electrons. The smallest absolute Gasteiger partial charge is 0.345 e. The van der Waals surface area contributed by atoms with Crippen molar-refractivity contribution in [3.8, 4) is 5.88 Å². The van der Waals surface area contributed by atoms with Crippen molar-refractivity contribution in [2.75, 3.05) is 19.5 Å². The monoisotopic (exact) mass is 268 g/mol. The highest BCUT2D eigenvalue weighted by Crippen LogP contribution is 2.24. The first-order valence-corrected chi connectivity index (χ1v) is 6.78. The summed E-state index contributed by atoms with van der Waals surface area (Å²) >= 11 is 1.37. The van der Waals surface area contributed by atoms with Crippen molar-refractivity contribution < 1.29 is 14.3 Å². The molecular formula is C12H16N2O3S. The first-order chi connectivity index (χ1) is 8.67. The molecule has 0 amide bonds. The van der Waals surface area contributed by atoms with E-state index in [2.05, 4.69) is 16.5 Å². The van der Waals surface area contributed by atoms with Gasteiger partial charge in [-0.15, -0.1) is 0 Å². The molecule has 0 bridgehead atoms. The van der Waals surface area contributed by atoms with E-state index in [0.29, 0.717) is 17.5 Å². The topological polar surface area (TPSA) is 61.3 Å². The second kappa shape index (κ2) is 7.00. The molecule has 1 aromatic heterocycles. The normalized spacial score (nSPS) is 9.94. The van der Waals surface area contributed by atoms with Gasteiger partial charge in [-0.2, -0.15) is 4.98 Å². The Morgan fingerprint density at radius 1 is 1.39 bits per heavy atom. The number of carbonyl (C=O) groups excluding carboxylic acids is 1. The van der Waals surface area contributed by atoms with Crippen molar-refractivity contribution in [1.82, 2.24) is 9.97 Å². The van der Waals surface area contributed by atoms with Crippen molar-refractivity contribution in [3.05, 3.63) is 17.8 Å². The highest BCUT2D eigenvalue weighted by atomic mass is 32.2. The number of rotatable bonds is 6. The zero-order valence-corrected chi connectivity index (χ0v) is 11.5. The van der Waals surface area contributed by atoms with Crippen LogP contribution in [0.2, 0.25) is 0 Å². The van der Waals surface area contributed by atoms with Crippen LogP contribution in [0.25, 0.3) is 6.08 Å². The molecule has 5 nitrogen and oxygen atoms in total. The van der Waals surface area contributed by atoms with Gasteiger partial charge in [-0.25, -0.2) is 9.78 Å². The molecule has 1 heterocycles. The van der Waals surface area contributed by atoms with E-state index in [0.717, 1.165) is 0 Å². The second-order valence-electron chi connectivity index (χ2n) is 3.13. The Hall–Kier alpha value is -1.56. The average molecular weight is 268 g/mol. The number of hydrogen-bond donors (Lipinski definition) is 0. The standard InChI is InChI=1S/C12H16N2O3S/c1-5-8-9(11(15)17-7-3)10(16-6-2)14-12(13-8)18-4/h5H,1,6-7H2,2-4H3. The molecule has 0 aliphatic rings. The van der Waals surface area contributed by atoms with Crippen LogP contribution in [0.3, 0.4) is 0 Å². The Morgan fingerprint density at radius 2 is 2.11 bits per heavy atom. The molecule has 98 valence electrons. The van der Waals surface area contributed by atoms with E-state index in [1.165, 1.54) is 17.8 Å². The van der Waals surface area contributed by atoms with E-state index in [1.807, 2.05) is 13.2 Å². The van der Waals surface area contributed by atoms with E-state index in [-0.39, 0.29) is 18.1 Å². The van der Waals surface area contributed by atoms with Crippen molar-refractivity contribution >= 4 is 23.8 Å². The number of ether oxygens (including phenoxy) is 2. The minimum Gasteiger partial charge on any atom is -0.477 e. The predicted molar refractivity (Wildman–Crippen MR) is 71.0 cm³/mol. The fourth-order valence-electron chi connectivity index (χ4n) is 1.31. The highest BCUT2D eigenvalue weighted by molar-refractivity contribution is 7.98. The first-order valence-electron chi connectivity index (χ1n) is 5.56. The molecule has 0 saturated carbocycles. The molecule has 0 aliphatic carbocycles. The van der Waals surface area contributed by atoms with E-state index >= 15 is 0 Å². The number of hydrogen-bond acceptors (Lipinski definition) is 6. The Bertz CT molecular complexity index is 449. The van der Waals surface area contributed by atoms with Crippen molar-refractivity contribution in [3.63, 3.8) is 0 Å². The van der Waals surface area contributed by atoms with Crippen molar-refractivity contribution in [1.29, 1.82) is 0 Å². The van der Waals surface area contributed by atoms with Crippen LogP contribution in [0.4, 0.5) is 0 Å². The molecule has 0 aliphatic heterocycles. The van der Waals surface area contributed by atoms with E-state index in [9.17, 15) is 4.79 Å². The lowest BCUT2D eigenvalue weighted by Gasteiger charge is -2.11. The van der Waals surface area contributed by atoms with Crippen LogP contribution >= 0.6 is 11.8 Å². The predicted octanol–water partition coefficient (Wildman–Crippen LogP) is 2.42. The maximum absolute atomic E-state index is 11.9. The molecule has 0 atom stereocenters. The lowest BCUT2D eigenvalue weighted by molar-refractivity contribution is 0.0519. The maximum atomic E-state index is 11.9. The van der Waals surface area contributed by atoms with Crippen LogP contribution in [0.1, 0.15) is 29.9 Å². The van der Waals surface area contributed by atoms with Gasteiger partial charge in [0.25, 0.3) is 0 Å². The van der Waals surface area contributed by atoms with E-state index < -0.39 is 5.97 Å². The second-order valence-corrected chi connectivity index (χ2v) is 3.91. The van der Waals surface area contributed by atoms with Crippen LogP contribution in [0.5, 0.6) is 5.88 Å². The summed E-state index contributed by atoms with van der Waals surface area (Å²) in [5.41, 5.74) is 0.655. The zero-order valence-electron chi connectivity index (χ0n) is 10.7. The van der Waals surface area contributed by atoms with Gasteiger partial charge in [0.15, 0.2) is 5.16 Å². The first kappa shape index (κ1) is 14.5. The summed E-state index contributed by atoms with van der Waals surface area (Å²) in [4.78, 5) is 20.3. The molecular weight excluding hydrogens is 252 g/mol. The summed E-state index contributed by atoms with van der Waals surface area (Å²) in [7, 11) is 0. The zero-order chi connectivity index (χ0) is 13.5. The number of nitrogens with zero attached hydrogens (tertiary/aromatic N) is 2. The Kier molecular flexibility index (Phi) is 5.64. The largest absolute Gasteiger partial charge is 0.477 e. The average Bonchev–Trinajstić information content (AvgIpc) is 2.38. The minimum absolute atomic E-state index is 0.228. The molecule has 1 rings (SSSR count). The van der Waals surface area contributed by atoms with Gasteiger partial charge in [0.05, 0.1) is 18.9 Å². The summed E-state index contributed by atoms with van der Waals surface area (Å²) in [6.45, 7) is 7.90. The van der Waals surface area contributed by atoms with E-state index in [1.54, 1.807) is 6.92 Å². The number of carbonyl (C=O) groups is 1. The van der Waals surface area contributed by atoms with Gasteiger partial charge in [0.2, 0.25) is 5.88 Å². The molecule has 0 spiro atoms. The van der Waals surface area contributed by atoms with Crippen LogP contribution in [-0.2, 0) is 4.74 Å². The molecule has 0 unspecified atom stereocenters. The van der Waals surface area contributed by atoms with Gasteiger partial charge in [0.1, 0.15) is 5.56 Å². The lowest BCUT2D eigenvalue weighted by atomic mass is 10.2. The van der Waals surface area contributed by atoms with Gasteiger partial charge in [-0.3, -0.25) is 0 Å². The Balaban J connectivity index is 3.33. The van der Waals surface area contributed by atoms with Gasteiger partial charge in [0, 0.05) is 0 Å². The van der Waals surface area contributed by atoms with Gasteiger partial charge < -0.3 is 9.47 Å². The van der Waals surface area contributed by atoms with Crippen LogP contribution in [-0.4, -0.2) is 35.4 Å². The summed E-state index contributed by atoms with van der Waals surface area (Å²) in [5.74, 6) is -0.256. The number of esters is 1. The third-order valence-corrected chi connectivity index (χ3v) is 2.57. The Morgan fingerprint density at radius 3 is 2.61 bits per heavy atom. The minimum atomic E-state index is -0.497. The third kappa shape index (κ3) is 3.22. The molecule has 18 heavy (non-hydrogen) atoms. The molecule has 0 aromatic carbocycles. The summed E-state index contributed by atoms with van der Waals surface area (Å²) < 4.78 is 10.4. The van der Waals surface area contributed by atoms with Crippen LogP contribution < -0.4 is 4.74 Å². The SMILES string of the molecule is C=Cc1nc(SC)nc(OCC)c1C(=O)OCC. The van der Waals surface area contributed by atoms with Gasteiger partial charge >= 0.3 is 5.97 Å². The fourth-order valence-corrected chi connectivity index (χ4v) is 1.68. The summed E-state index contributed by atoms with van der Waals surface area (Å²) in [5, 5.41) is 0.529. The lowest BCUT2D eigenvalue weighted by Crippen LogP contribution is -2.13.